The van der Waals surface area contributed by atoms with Gasteiger partial charge < -0.3 is 5.32 Å². The summed E-state index contributed by atoms with van der Waals surface area (Å²) in [6.07, 6.45) is 5.14. The van der Waals surface area contributed by atoms with E-state index in [0.29, 0.717) is 6.07 Å². The predicted molar refractivity (Wildman–Crippen MR) is 50.6 cm³/mol. The van der Waals surface area contributed by atoms with Gasteiger partial charge in [0.2, 0.25) is 0 Å². The lowest BCUT2D eigenvalue weighted by atomic mass is 10.1. The third-order valence-corrected chi connectivity index (χ3v) is 1.68. The summed E-state index contributed by atoms with van der Waals surface area (Å²) in [6.45, 7) is 3.16. The van der Waals surface area contributed by atoms with Gasteiger partial charge >= 0.3 is 0 Å². The van der Waals surface area contributed by atoms with E-state index in [2.05, 4.69) is 16.2 Å². The van der Waals surface area contributed by atoms with Gasteiger partial charge in [-0.2, -0.15) is 9.37 Å². The van der Waals surface area contributed by atoms with Gasteiger partial charge in [-0.25, -0.2) is 8.78 Å². The van der Waals surface area contributed by atoms with Crippen LogP contribution in [0.5, 0.6) is 0 Å². The van der Waals surface area contributed by atoms with Crippen molar-refractivity contribution in [2.75, 3.05) is 5.32 Å². The Morgan fingerprint density at radius 3 is 2.47 bits per heavy atom. The zero-order valence-corrected chi connectivity index (χ0v) is 8.24. The number of hydrogen-bond donors (Lipinski definition) is 1. The number of anilines is 1. The largest absolute Gasteiger partial charge is 0.352 e. The molecule has 0 unspecified atom stereocenters. The lowest BCUT2D eigenvalue weighted by Gasteiger charge is -2.20. The summed E-state index contributed by atoms with van der Waals surface area (Å²) >= 11 is 0. The number of nitrogens with zero attached hydrogens (tertiary/aromatic N) is 1. The molecule has 1 N–H and O–H groups in total. The molecule has 15 heavy (non-hydrogen) atoms. The average molecular weight is 214 g/mol. The molecule has 2 nitrogen and oxygen atoms in total. The van der Waals surface area contributed by atoms with Crippen molar-refractivity contribution in [3.63, 3.8) is 0 Å². The molecule has 0 aliphatic carbocycles. The molecule has 0 radical (unpaired) electrons. The molecule has 0 saturated heterocycles. The third-order valence-electron chi connectivity index (χ3n) is 1.68. The first kappa shape index (κ1) is 11.4. The molecule has 0 bridgehead atoms. The number of terminal acetylenes is 1. The second-order valence-electron chi connectivity index (χ2n) is 3.49. The van der Waals surface area contributed by atoms with Crippen LogP contribution in [0.25, 0.3) is 0 Å². The highest BCUT2D eigenvalue weighted by atomic mass is 19.2. The molecule has 0 aliphatic rings. The van der Waals surface area contributed by atoms with Gasteiger partial charge in [0.1, 0.15) is 0 Å². The molecule has 0 amide bonds. The van der Waals surface area contributed by atoms with Crippen molar-refractivity contribution in [2.45, 2.75) is 19.4 Å². The summed E-state index contributed by atoms with van der Waals surface area (Å²) in [5.41, 5.74) is -0.891. The Bertz CT molecular complexity index is 421. The van der Waals surface area contributed by atoms with Crippen LogP contribution in [0.3, 0.4) is 0 Å². The van der Waals surface area contributed by atoms with E-state index < -0.39 is 28.9 Å². The van der Waals surface area contributed by atoms with E-state index in [1.165, 1.54) is 0 Å². The van der Waals surface area contributed by atoms with Crippen molar-refractivity contribution in [1.29, 1.82) is 0 Å². The van der Waals surface area contributed by atoms with Crippen molar-refractivity contribution in [3.8, 4) is 12.3 Å². The maximum absolute atomic E-state index is 13.1. The molecule has 0 fully saturated rings. The Hall–Kier alpha value is -1.70. The summed E-state index contributed by atoms with van der Waals surface area (Å²) < 4.78 is 38.3. The standard InChI is InChI=1S/C10H9F3N2/c1-4-10(2,3)15-9-7(12)5-6(11)8(13)14-9/h1,5H,2-3H3,(H,14,15). The lowest BCUT2D eigenvalue weighted by Crippen LogP contribution is -2.29. The van der Waals surface area contributed by atoms with E-state index in [-0.39, 0.29) is 0 Å². The van der Waals surface area contributed by atoms with Crippen LogP contribution in [0.15, 0.2) is 6.07 Å². The highest BCUT2D eigenvalue weighted by Gasteiger charge is 2.18. The van der Waals surface area contributed by atoms with Crippen LogP contribution < -0.4 is 5.32 Å². The highest BCUT2D eigenvalue weighted by Crippen LogP contribution is 2.18. The minimum atomic E-state index is -1.37. The molecule has 1 heterocycles. The molecular weight excluding hydrogens is 205 g/mol. The zero-order valence-electron chi connectivity index (χ0n) is 8.24. The van der Waals surface area contributed by atoms with Gasteiger partial charge in [-0.05, 0) is 13.8 Å². The van der Waals surface area contributed by atoms with Gasteiger partial charge in [-0.15, -0.1) is 6.42 Å². The van der Waals surface area contributed by atoms with Crippen molar-refractivity contribution in [3.05, 3.63) is 23.6 Å². The van der Waals surface area contributed by atoms with Crippen LogP contribution >= 0.6 is 0 Å². The molecule has 80 valence electrons. The van der Waals surface area contributed by atoms with Crippen LogP contribution in [-0.2, 0) is 0 Å². The minimum Gasteiger partial charge on any atom is -0.352 e. The third kappa shape index (κ3) is 2.62. The maximum Gasteiger partial charge on any atom is 0.251 e. The van der Waals surface area contributed by atoms with E-state index in [1.807, 2.05) is 0 Å². The molecule has 1 aromatic heterocycles. The highest BCUT2D eigenvalue weighted by molar-refractivity contribution is 5.42. The Morgan fingerprint density at radius 2 is 1.93 bits per heavy atom. The SMILES string of the molecule is C#CC(C)(C)Nc1nc(F)c(F)cc1F. The van der Waals surface area contributed by atoms with Crippen molar-refractivity contribution < 1.29 is 13.2 Å². The van der Waals surface area contributed by atoms with Crippen LogP contribution in [0, 0.1) is 29.9 Å². The number of pyridine rings is 1. The van der Waals surface area contributed by atoms with E-state index in [4.69, 9.17) is 6.42 Å². The Morgan fingerprint density at radius 1 is 1.33 bits per heavy atom. The van der Waals surface area contributed by atoms with Crippen molar-refractivity contribution in [2.24, 2.45) is 0 Å². The number of halogens is 3. The molecule has 0 saturated carbocycles. The summed E-state index contributed by atoms with van der Waals surface area (Å²) in [5.74, 6) is -1.78. The fourth-order valence-electron chi connectivity index (χ4n) is 0.864. The van der Waals surface area contributed by atoms with Crippen LogP contribution in [0.1, 0.15) is 13.8 Å². The molecule has 1 rings (SSSR count). The summed E-state index contributed by atoms with van der Waals surface area (Å²) in [6, 6.07) is 0.414. The van der Waals surface area contributed by atoms with Gasteiger partial charge in [0, 0.05) is 6.07 Å². The molecule has 0 aromatic carbocycles. The minimum absolute atomic E-state index is 0.406. The van der Waals surface area contributed by atoms with Crippen molar-refractivity contribution in [1.82, 2.24) is 4.98 Å². The fraction of sp³-hybridized carbons (Fsp3) is 0.300. The average Bonchev–Trinajstić information content (AvgIpc) is 2.14. The molecule has 0 spiro atoms. The zero-order chi connectivity index (χ0) is 11.6. The van der Waals surface area contributed by atoms with Crippen LogP contribution in [-0.4, -0.2) is 10.5 Å². The first-order chi connectivity index (χ1) is 6.85. The van der Waals surface area contributed by atoms with Crippen molar-refractivity contribution >= 4 is 5.82 Å². The quantitative estimate of drug-likeness (QED) is 0.603. The molecule has 0 aliphatic heterocycles. The Labute approximate surface area is 85.5 Å². The van der Waals surface area contributed by atoms with Crippen LogP contribution in [0.2, 0.25) is 0 Å². The first-order valence-corrected chi connectivity index (χ1v) is 4.13. The van der Waals surface area contributed by atoms with E-state index >= 15 is 0 Å². The summed E-state index contributed by atoms with van der Waals surface area (Å²) in [7, 11) is 0. The Kier molecular flexibility index (Phi) is 2.89. The normalized spacial score (nSPS) is 10.9. The lowest BCUT2D eigenvalue weighted by molar-refractivity contribution is 0.465. The number of hydrogen-bond acceptors (Lipinski definition) is 2. The number of nitrogens with one attached hydrogen (secondary N) is 1. The second kappa shape index (κ2) is 3.81. The predicted octanol–water partition coefficient (Wildman–Crippen LogP) is 2.32. The fourth-order valence-corrected chi connectivity index (χ4v) is 0.864. The number of aromatic nitrogens is 1. The van der Waals surface area contributed by atoms with Gasteiger partial charge in [0.05, 0.1) is 5.54 Å². The Balaban J connectivity index is 3.07. The van der Waals surface area contributed by atoms with Gasteiger partial charge in [0.25, 0.3) is 5.95 Å². The van der Waals surface area contributed by atoms with Crippen LogP contribution in [0.4, 0.5) is 19.0 Å². The topological polar surface area (TPSA) is 24.9 Å². The monoisotopic (exact) mass is 214 g/mol. The van der Waals surface area contributed by atoms with Gasteiger partial charge in [-0.3, -0.25) is 0 Å². The molecule has 0 atom stereocenters. The summed E-state index contributed by atoms with van der Waals surface area (Å²) in [5, 5.41) is 2.48. The van der Waals surface area contributed by atoms with E-state index in [9.17, 15) is 13.2 Å². The van der Waals surface area contributed by atoms with E-state index in [0.717, 1.165) is 0 Å². The van der Waals surface area contributed by atoms with Gasteiger partial charge in [-0.1, -0.05) is 5.92 Å². The molecule has 1 aromatic rings. The van der Waals surface area contributed by atoms with Gasteiger partial charge in [0.15, 0.2) is 17.5 Å². The second-order valence-corrected chi connectivity index (χ2v) is 3.49. The summed E-state index contributed by atoms with van der Waals surface area (Å²) in [4.78, 5) is 3.08. The molecular formula is C10H9F3N2. The first-order valence-electron chi connectivity index (χ1n) is 4.13. The maximum atomic E-state index is 13.1. The molecule has 5 heteroatoms. The number of rotatable bonds is 2. The van der Waals surface area contributed by atoms with E-state index in [1.54, 1.807) is 13.8 Å². The smallest absolute Gasteiger partial charge is 0.251 e.